The Morgan fingerprint density at radius 3 is 2.41 bits per heavy atom. The molecule has 7 heteroatoms. The topological polar surface area (TPSA) is 59.1 Å². The van der Waals surface area contributed by atoms with Gasteiger partial charge in [-0.25, -0.2) is 4.39 Å². The number of ether oxygens (including phenoxy) is 2. The zero-order valence-electron chi connectivity index (χ0n) is 15.7. The summed E-state index contributed by atoms with van der Waals surface area (Å²) in [6, 6.07) is 5.69. The monoisotopic (exact) mass is 376 g/mol. The van der Waals surface area contributed by atoms with Crippen LogP contribution in [-0.2, 0) is 19.1 Å². The van der Waals surface area contributed by atoms with Crippen molar-refractivity contribution in [1.82, 2.24) is 9.80 Å². The molecule has 0 unspecified atom stereocenters. The summed E-state index contributed by atoms with van der Waals surface area (Å²) in [5, 5.41) is 0. The highest BCUT2D eigenvalue weighted by Gasteiger charge is 2.41. The number of benzene rings is 1. The smallest absolute Gasteiger partial charge is 0.277 e. The number of morpholine rings is 1. The van der Waals surface area contributed by atoms with Crippen LogP contribution in [0.1, 0.15) is 25.8 Å². The number of imide groups is 1. The Morgan fingerprint density at radius 2 is 1.78 bits per heavy atom. The average molecular weight is 376 g/mol. The fourth-order valence-corrected chi connectivity index (χ4v) is 3.27. The Morgan fingerprint density at radius 1 is 1.11 bits per heavy atom. The molecular weight excluding hydrogens is 351 g/mol. The van der Waals surface area contributed by atoms with Crippen molar-refractivity contribution < 1.29 is 23.5 Å². The zero-order valence-corrected chi connectivity index (χ0v) is 15.7. The van der Waals surface area contributed by atoms with Crippen molar-refractivity contribution in [3.8, 4) is 0 Å². The maximum atomic E-state index is 13.3. The van der Waals surface area contributed by atoms with Crippen LogP contribution in [0.4, 0.5) is 4.39 Å². The van der Waals surface area contributed by atoms with Crippen molar-refractivity contribution in [2.45, 2.75) is 26.4 Å². The van der Waals surface area contributed by atoms with E-state index in [0.29, 0.717) is 62.7 Å². The van der Waals surface area contributed by atoms with E-state index < -0.39 is 0 Å². The Kier molecular flexibility index (Phi) is 6.23. The molecule has 3 rings (SSSR count). The van der Waals surface area contributed by atoms with Crippen molar-refractivity contribution in [1.29, 1.82) is 0 Å². The lowest BCUT2D eigenvalue weighted by molar-refractivity contribution is -0.138. The molecule has 1 saturated heterocycles. The first-order chi connectivity index (χ1) is 13.0. The van der Waals surface area contributed by atoms with Crippen molar-refractivity contribution >= 4 is 17.4 Å². The Labute approximate surface area is 158 Å². The second kappa shape index (κ2) is 8.63. The molecule has 0 atom stereocenters. The quantitative estimate of drug-likeness (QED) is 0.539. The first-order valence-corrected chi connectivity index (χ1v) is 9.29. The van der Waals surface area contributed by atoms with Crippen molar-refractivity contribution in [2.24, 2.45) is 0 Å². The summed E-state index contributed by atoms with van der Waals surface area (Å²) < 4.78 is 24.2. The van der Waals surface area contributed by atoms with E-state index in [1.807, 2.05) is 18.7 Å². The van der Waals surface area contributed by atoms with Crippen molar-refractivity contribution in [3.63, 3.8) is 0 Å². The third-order valence-electron chi connectivity index (χ3n) is 4.58. The fourth-order valence-electron chi connectivity index (χ4n) is 3.27. The molecular formula is C20H25FN2O4. The standard InChI is InChI=1S/C20H25FN2O4/c1-14(2)27-11-3-8-23-19(24)17(15-4-6-16(21)7-5-15)18(20(23)25)22-9-12-26-13-10-22/h4-7,14H,3,8-13H2,1-2H3. The van der Waals surface area contributed by atoms with Crippen molar-refractivity contribution in [2.75, 3.05) is 39.5 Å². The normalized spacial score (nSPS) is 18.2. The average Bonchev–Trinajstić information content (AvgIpc) is 2.90. The van der Waals surface area contributed by atoms with Crippen LogP contribution in [0.3, 0.4) is 0 Å². The highest BCUT2D eigenvalue weighted by Crippen LogP contribution is 2.32. The molecule has 2 amide bonds. The third kappa shape index (κ3) is 4.36. The van der Waals surface area contributed by atoms with Crippen LogP contribution in [0.15, 0.2) is 30.0 Å². The van der Waals surface area contributed by atoms with Gasteiger partial charge in [0, 0.05) is 26.2 Å². The summed E-state index contributed by atoms with van der Waals surface area (Å²) in [4.78, 5) is 29.2. The van der Waals surface area contributed by atoms with E-state index in [1.54, 1.807) is 12.1 Å². The van der Waals surface area contributed by atoms with E-state index in [1.165, 1.54) is 17.0 Å². The molecule has 0 radical (unpaired) electrons. The molecule has 6 nitrogen and oxygen atoms in total. The zero-order chi connectivity index (χ0) is 19.4. The molecule has 1 aromatic rings. The van der Waals surface area contributed by atoms with Crippen molar-refractivity contribution in [3.05, 3.63) is 41.3 Å². The molecule has 1 aromatic carbocycles. The number of rotatable bonds is 7. The minimum absolute atomic E-state index is 0.104. The van der Waals surface area contributed by atoms with E-state index in [2.05, 4.69) is 0 Å². The van der Waals surface area contributed by atoms with Gasteiger partial charge in [-0.2, -0.15) is 0 Å². The number of hydrogen-bond donors (Lipinski definition) is 0. The minimum atomic E-state index is -0.383. The summed E-state index contributed by atoms with van der Waals surface area (Å²) in [6.07, 6.45) is 0.676. The molecule has 146 valence electrons. The largest absolute Gasteiger partial charge is 0.379 e. The predicted molar refractivity (Wildman–Crippen MR) is 98.1 cm³/mol. The maximum absolute atomic E-state index is 13.3. The molecule has 1 fully saturated rings. The summed E-state index contributed by atoms with van der Waals surface area (Å²) in [6.45, 7) is 6.75. The van der Waals surface area contributed by atoms with Crippen LogP contribution in [0.25, 0.3) is 5.57 Å². The molecule has 27 heavy (non-hydrogen) atoms. The number of halogens is 1. The first kappa shape index (κ1) is 19.5. The summed E-state index contributed by atoms with van der Waals surface area (Å²) >= 11 is 0. The van der Waals surface area contributed by atoms with Gasteiger partial charge in [-0.1, -0.05) is 12.1 Å². The van der Waals surface area contributed by atoms with Gasteiger partial charge in [-0.15, -0.1) is 0 Å². The molecule has 0 saturated carbocycles. The van der Waals surface area contributed by atoms with Crippen LogP contribution in [0, 0.1) is 5.82 Å². The van der Waals surface area contributed by atoms with E-state index in [4.69, 9.17) is 9.47 Å². The maximum Gasteiger partial charge on any atom is 0.277 e. The molecule has 2 heterocycles. The molecule has 0 aromatic heterocycles. The van der Waals surface area contributed by atoms with Gasteiger partial charge in [0.05, 0.1) is 24.9 Å². The fraction of sp³-hybridized carbons (Fsp3) is 0.500. The van der Waals surface area contributed by atoms with Gasteiger partial charge >= 0.3 is 0 Å². The first-order valence-electron chi connectivity index (χ1n) is 9.29. The summed E-state index contributed by atoms with van der Waals surface area (Å²) in [5.74, 6) is -1.02. The van der Waals surface area contributed by atoms with Gasteiger partial charge in [0.1, 0.15) is 11.5 Å². The second-order valence-corrected chi connectivity index (χ2v) is 6.86. The Balaban J connectivity index is 1.86. The van der Waals surface area contributed by atoms with Gasteiger partial charge < -0.3 is 14.4 Å². The van der Waals surface area contributed by atoms with Crippen LogP contribution in [-0.4, -0.2) is 67.2 Å². The second-order valence-electron chi connectivity index (χ2n) is 6.86. The van der Waals surface area contributed by atoms with E-state index in [-0.39, 0.29) is 23.7 Å². The number of nitrogens with zero attached hydrogens (tertiary/aromatic N) is 2. The molecule has 0 N–H and O–H groups in total. The van der Waals surface area contributed by atoms with Gasteiger partial charge in [0.25, 0.3) is 11.8 Å². The Bertz CT molecular complexity index is 724. The number of carbonyl (C=O) groups is 2. The summed E-state index contributed by atoms with van der Waals surface area (Å²) in [7, 11) is 0. The highest BCUT2D eigenvalue weighted by molar-refractivity contribution is 6.35. The molecule has 2 aliphatic heterocycles. The van der Waals surface area contributed by atoms with E-state index in [9.17, 15) is 14.0 Å². The van der Waals surface area contributed by atoms with Crippen LogP contribution < -0.4 is 0 Å². The lowest BCUT2D eigenvalue weighted by atomic mass is 10.0. The van der Waals surface area contributed by atoms with Gasteiger partial charge in [0.2, 0.25) is 0 Å². The van der Waals surface area contributed by atoms with Crippen LogP contribution >= 0.6 is 0 Å². The summed E-state index contributed by atoms with van der Waals surface area (Å²) in [5.41, 5.74) is 1.28. The molecule has 0 bridgehead atoms. The number of hydrogen-bond acceptors (Lipinski definition) is 5. The number of amides is 2. The van der Waals surface area contributed by atoms with Gasteiger partial charge in [-0.3, -0.25) is 14.5 Å². The van der Waals surface area contributed by atoms with Crippen LogP contribution in [0.2, 0.25) is 0 Å². The highest BCUT2D eigenvalue weighted by atomic mass is 19.1. The van der Waals surface area contributed by atoms with Gasteiger partial charge in [-0.05, 0) is 38.0 Å². The Hall–Kier alpha value is -2.25. The lowest BCUT2D eigenvalue weighted by Gasteiger charge is -2.29. The van der Waals surface area contributed by atoms with Crippen LogP contribution in [0.5, 0.6) is 0 Å². The SMILES string of the molecule is CC(C)OCCCN1C(=O)C(c2ccc(F)cc2)=C(N2CCOCC2)C1=O. The van der Waals surface area contributed by atoms with E-state index >= 15 is 0 Å². The molecule has 0 spiro atoms. The number of carbonyl (C=O) groups excluding carboxylic acids is 2. The minimum Gasteiger partial charge on any atom is -0.379 e. The van der Waals surface area contributed by atoms with E-state index in [0.717, 1.165) is 0 Å². The third-order valence-corrected chi connectivity index (χ3v) is 4.58. The predicted octanol–water partition coefficient (Wildman–Crippen LogP) is 2.05. The molecule has 0 aliphatic carbocycles. The lowest BCUT2D eigenvalue weighted by Crippen LogP contribution is -2.40. The van der Waals surface area contributed by atoms with Gasteiger partial charge in [0.15, 0.2) is 0 Å². The molecule has 2 aliphatic rings.